The van der Waals surface area contributed by atoms with E-state index in [4.69, 9.17) is 5.11 Å². The van der Waals surface area contributed by atoms with Crippen LogP contribution in [0.2, 0.25) is 0 Å². The van der Waals surface area contributed by atoms with Crippen molar-refractivity contribution in [2.75, 3.05) is 0 Å². The van der Waals surface area contributed by atoms with Crippen LogP contribution in [0.5, 0.6) is 0 Å². The number of rotatable bonds is 5. The second-order valence-corrected chi connectivity index (χ2v) is 5.23. The first kappa shape index (κ1) is 14.2. The van der Waals surface area contributed by atoms with Crippen LogP contribution in [-0.4, -0.2) is 5.11 Å². The second kappa shape index (κ2) is 6.80. The molecule has 2 rings (SSSR count). The molecule has 0 bridgehead atoms. The highest BCUT2D eigenvalue weighted by Crippen LogP contribution is 2.12. The van der Waals surface area contributed by atoms with Crippen LogP contribution in [0.3, 0.4) is 0 Å². The monoisotopic (exact) mass is 323 g/mol. The molecule has 2 aromatic rings. The zero-order valence-corrected chi connectivity index (χ0v) is 12.0. The third-order valence-electron chi connectivity index (χ3n) is 2.85. The van der Waals surface area contributed by atoms with Gasteiger partial charge >= 0.3 is 0 Å². The first-order chi connectivity index (χ1) is 9.19. The Morgan fingerprint density at radius 2 is 1.63 bits per heavy atom. The minimum Gasteiger partial charge on any atom is -0.392 e. The summed E-state index contributed by atoms with van der Waals surface area (Å²) in [6.45, 7) is 1.12. The molecule has 0 spiro atoms. The van der Waals surface area contributed by atoms with Gasteiger partial charge in [-0.3, -0.25) is 0 Å². The molecule has 0 aliphatic rings. The summed E-state index contributed by atoms with van der Waals surface area (Å²) >= 11 is 3.39. The summed E-state index contributed by atoms with van der Waals surface area (Å²) in [4.78, 5) is 0. The van der Waals surface area contributed by atoms with Gasteiger partial charge in [0.2, 0.25) is 0 Å². The van der Waals surface area contributed by atoms with Crippen LogP contribution in [0.25, 0.3) is 0 Å². The molecule has 19 heavy (non-hydrogen) atoms. The van der Waals surface area contributed by atoms with E-state index < -0.39 is 0 Å². The molecule has 0 amide bonds. The Bertz CT molecular complexity index is 542. The molecule has 0 saturated carbocycles. The lowest BCUT2D eigenvalue weighted by Gasteiger charge is -2.07. The zero-order valence-electron chi connectivity index (χ0n) is 10.4. The summed E-state index contributed by atoms with van der Waals surface area (Å²) < 4.78 is 14.3. The van der Waals surface area contributed by atoms with Crippen LogP contribution in [0.1, 0.15) is 16.7 Å². The fraction of sp³-hybridized carbons (Fsp3) is 0.200. The van der Waals surface area contributed by atoms with Gasteiger partial charge in [0.25, 0.3) is 0 Å². The minimum absolute atomic E-state index is 0.271. The van der Waals surface area contributed by atoms with Crippen LogP contribution >= 0.6 is 15.9 Å². The lowest BCUT2D eigenvalue weighted by Crippen LogP contribution is -2.13. The van der Waals surface area contributed by atoms with E-state index in [9.17, 15) is 4.39 Å². The maximum atomic E-state index is 13.2. The Morgan fingerprint density at radius 1 is 1.00 bits per heavy atom. The molecular formula is C15H15BrFNO. The number of aliphatic hydroxyl groups excluding tert-OH is 1. The molecule has 100 valence electrons. The van der Waals surface area contributed by atoms with Gasteiger partial charge in [-0.2, -0.15) is 0 Å². The zero-order chi connectivity index (χ0) is 13.7. The summed E-state index contributed by atoms with van der Waals surface area (Å²) in [5.41, 5.74) is 2.48. The molecule has 0 radical (unpaired) electrons. The van der Waals surface area contributed by atoms with Crippen molar-refractivity contribution in [2.45, 2.75) is 19.7 Å². The van der Waals surface area contributed by atoms with Crippen LogP contribution in [-0.2, 0) is 19.7 Å². The summed E-state index contributed by atoms with van der Waals surface area (Å²) in [6, 6.07) is 12.9. The van der Waals surface area contributed by atoms with Crippen molar-refractivity contribution in [2.24, 2.45) is 0 Å². The van der Waals surface area contributed by atoms with Crippen molar-refractivity contribution in [3.05, 3.63) is 69.4 Å². The number of nitrogens with one attached hydrogen (secondary N) is 1. The van der Waals surface area contributed by atoms with Gasteiger partial charge in [0.1, 0.15) is 5.82 Å². The largest absolute Gasteiger partial charge is 0.392 e. The molecule has 2 aromatic carbocycles. The van der Waals surface area contributed by atoms with Gasteiger partial charge in [-0.1, -0.05) is 34.1 Å². The van der Waals surface area contributed by atoms with Crippen molar-refractivity contribution in [3.8, 4) is 0 Å². The van der Waals surface area contributed by atoms with Gasteiger partial charge < -0.3 is 10.4 Å². The lowest BCUT2D eigenvalue weighted by atomic mass is 10.1. The number of aliphatic hydroxyl groups is 1. The van der Waals surface area contributed by atoms with Gasteiger partial charge in [-0.15, -0.1) is 0 Å². The van der Waals surface area contributed by atoms with E-state index in [1.807, 2.05) is 24.3 Å². The Balaban J connectivity index is 1.90. The molecule has 0 aliphatic carbocycles. The predicted molar refractivity (Wildman–Crippen MR) is 77.0 cm³/mol. The van der Waals surface area contributed by atoms with Crippen LogP contribution in [0.15, 0.2) is 46.9 Å². The summed E-state index contributed by atoms with van der Waals surface area (Å²) in [5.74, 6) is -0.362. The molecule has 0 heterocycles. The molecule has 0 aliphatic heterocycles. The average molecular weight is 324 g/mol. The number of benzene rings is 2. The summed E-state index contributed by atoms with van der Waals surface area (Å²) in [6.07, 6.45) is 0. The van der Waals surface area contributed by atoms with E-state index in [0.717, 1.165) is 16.6 Å². The summed E-state index contributed by atoms with van der Waals surface area (Å²) in [5, 5.41) is 12.3. The fourth-order valence-corrected chi connectivity index (χ4v) is 2.08. The Hall–Kier alpha value is -1.23. The standard InChI is InChI=1S/C15H15BrFNO/c16-14-4-1-11(2-5-14)8-18-9-12-3-6-15(17)13(7-12)10-19/h1-7,18-19H,8-10H2. The second-order valence-electron chi connectivity index (χ2n) is 4.31. The fourth-order valence-electron chi connectivity index (χ4n) is 1.81. The van der Waals surface area contributed by atoms with Crippen molar-refractivity contribution >= 4 is 15.9 Å². The highest BCUT2D eigenvalue weighted by Gasteiger charge is 2.02. The third-order valence-corrected chi connectivity index (χ3v) is 3.38. The van der Waals surface area contributed by atoms with Crippen molar-refractivity contribution < 1.29 is 9.50 Å². The Labute approximate surface area is 120 Å². The highest BCUT2D eigenvalue weighted by atomic mass is 79.9. The molecule has 4 heteroatoms. The first-order valence-electron chi connectivity index (χ1n) is 6.02. The van der Waals surface area contributed by atoms with Gasteiger partial charge in [0.05, 0.1) is 6.61 Å². The molecule has 0 atom stereocenters. The maximum Gasteiger partial charge on any atom is 0.128 e. The number of halogens is 2. The van der Waals surface area contributed by atoms with Crippen LogP contribution in [0, 0.1) is 5.82 Å². The molecule has 0 aromatic heterocycles. The number of hydrogen-bond acceptors (Lipinski definition) is 2. The molecule has 0 fully saturated rings. The van der Waals surface area contributed by atoms with Gasteiger partial charge in [0, 0.05) is 23.1 Å². The van der Waals surface area contributed by atoms with Crippen LogP contribution < -0.4 is 5.32 Å². The van der Waals surface area contributed by atoms with E-state index in [1.54, 1.807) is 12.1 Å². The predicted octanol–water partition coefficient (Wildman–Crippen LogP) is 3.37. The minimum atomic E-state index is -0.362. The van der Waals surface area contributed by atoms with Crippen molar-refractivity contribution in [1.29, 1.82) is 0 Å². The van der Waals surface area contributed by atoms with Gasteiger partial charge in [-0.25, -0.2) is 4.39 Å². The Morgan fingerprint density at radius 3 is 2.32 bits per heavy atom. The molecular weight excluding hydrogens is 309 g/mol. The van der Waals surface area contributed by atoms with Crippen molar-refractivity contribution in [3.63, 3.8) is 0 Å². The third kappa shape index (κ3) is 4.13. The smallest absolute Gasteiger partial charge is 0.128 e. The van der Waals surface area contributed by atoms with Crippen LogP contribution in [0.4, 0.5) is 4.39 Å². The highest BCUT2D eigenvalue weighted by molar-refractivity contribution is 9.10. The van der Waals surface area contributed by atoms with E-state index in [2.05, 4.69) is 21.2 Å². The molecule has 0 unspecified atom stereocenters. The van der Waals surface area contributed by atoms with Gasteiger partial charge in [-0.05, 0) is 35.4 Å². The van der Waals surface area contributed by atoms with E-state index in [0.29, 0.717) is 12.1 Å². The van der Waals surface area contributed by atoms with E-state index in [-0.39, 0.29) is 12.4 Å². The SMILES string of the molecule is OCc1cc(CNCc2ccc(Br)cc2)ccc1F. The maximum absolute atomic E-state index is 13.2. The molecule has 2 N–H and O–H groups in total. The lowest BCUT2D eigenvalue weighted by molar-refractivity contribution is 0.275. The van der Waals surface area contributed by atoms with E-state index >= 15 is 0 Å². The topological polar surface area (TPSA) is 32.3 Å². The molecule has 0 saturated heterocycles. The number of hydrogen-bond donors (Lipinski definition) is 2. The van der Waals surface area contributed by atoms with Gasteiger partial charge in [0.15, 0.2) is 0 Å². The quantitative estimate of drug-likeness (QED) is 0.884. The van der Waals surface area contributed by atoms with Crippen molar-refractivity contribution in [1.82, 2.24) is 5.32 Å². The van der Waals surface area contributed by atoms with E-state index in [1.165, 1.54) is 11.6 Å². The summed E-state index contributed by atoms with van der Waals surface area (Å²) in [7, 11) is 0. The first-order valence-corrected chi connectivity index (χ1v) is 6.81. The molecule has 2 nitrogen and oxygen atoms in total. The normalized spacial score (nSPS) is 10.7. The Kier molecular flexibility index (Phi) is 5.07. The average Bonchev–Trinajstić information content (AvgIpc) is 2.43.